The zero-order valence-electron chi connectivity index (χ0n) is 13.3. The van der Waals surface area contributed by atoms with Crippen LogP contribution in [0.5, 0.6) is 0 Å². The molecule has 122 valence electrons. The van der Waals surface area contributed by atoms with Gasteiger partial charge in [-0.1, -0.05) is 43.3 Å². The van der Waals surface area contributed by atoms with Gasteiger partial charge in [0.15, 0.2) is 0 Å². The predicted octanol–water partition coefficient (Wildman–Crippen LogP) is 3.87. The minimum atomic E-state index is -0.296. The van der Waals surface area contributed by atoms with E-state index in [-0.39, 0.29) is 30.3 Å². The topological polar surface area (TPSA) is 55.1 Å². The molecule has 2 atom stereocenters. The fourth-order valence-corrected chi connectivity index (χ4v) is 3.03. The monoisotopic (exact) mass is 330 g/mol. The number of aryl methyl sites for hydroxylation is 2. The van der Waals surface area contributed by atoms with Crippen LogP contribution in [0.3, 0.4) is 0 Å². The molecular formula is C19H23ClN2O. The van der Waals surface area contributed by atoms with Crippen molar-refractivity contribution in [3.63, 3.8) is 0 Å². The Kier molecular flexibility index (Phi) is 5.80. The number of amides is 1. The Labute approximate surface area is 143 Å². The molecular weight excluding hydrogens is 308 g/mol. The number of carbonyl (C=O) groups is 1. The molecule has 0 bridgehead atoms. The third-order valence-corrected chi connectivity index (χ3v) is 4.50. The first-order valence-electron chi connectivity index (χ1n) is 7.88. The summed E-state index contributed by atoms with van der Waals surface area (Å²) in [4.78, 5) is 12.4. The summed E-state index contributed by atoms with van der Waals surface area (Å²) in [6.07, 6.45) is 3.47. The average Bonchev–Trinajstić information content (AvgIpc) is 3.02. The number of halogens is 1. The molecule has 0 saturated heterocycles. The lowest BCUT2D eigenvalue weighted by Gasteiger charge is -2.20. The quantitative estimate of drug-likeness (QED) is 0.894. The van der Waals surface area contributed by atoms with Crippen LogP contribution in [-0.2, 0) is 17.6 Å². The van der Waals surface area contributed by atoms with Gasteiger partial charge in [-0.15, -0.1) is 12.4 Å². The van der Waals surface area contributed by atoms with E-state index in [1.807, 2.05) is 43.3 Å². The SMILES string of the molecule is CC(C(=O)Nc1ccc2c(c1)CCC2)C(N)c1ccccc1.Cl. The largest absolute Gasteiger partial charge is 0.326 e. The lowest BCUT2D eigenvalue weighted by Crippen LogP contribution is -2.30. The van der Waals surface area contributed by atoms with Gasteiger partial charge in [-0.3, -0.25) is 4.79 Å². The molecule has 0 spiro atoms. The van der Waals surface area contributed by atoms with E-state index in [9.17, 15) is 4.79 Å². The molecule has 0 heterocycles. The van der Waals surface area contributed by atoms with Crippen LogP contribution in [0.2, 0.25) is 0 Å². The first kappa shape index (κ1) is 17.5. The van der Waals surface area contributed by atoms with Crippen molar-refractivity contribution in [2.24, 2.45) is 11.7 Å². The van der Waals surface area contributed by atoms with Gasteiger partial charge < -0.3 is 11.1 Å². The van der Waals surface area contributed by atoms with Gasteiger partial charge in [-0.05, 0) is 48.1 Å². The molecule has 4 heteroatoms. The zero-order chi connectivity index (χ0) is 15.5. The number of benzene rings is 2. The Morgan fingerprint density at radius 1 is 1.09 bits per heavy atom. The maximum Gasteiger partial charge on any atom is 0.229 e. The maximum absolute atomic E-state index is 12.4. The number of nitrogens with one attached hydrogen (secondary N) is 1. The normalized spacial score (nSPS) is 15.2. The maximum atomic E-state index is 12.4. The van der Waals surface area contributed by atoms with Gasteiger partial charge in [0, 0.05) is 11.7 Å². The number of fused-ring (bicyclic) bond motifs is 1. The zero-order valence-corrected chi connectivity index (χ0v) is 14.1. The highest BCUT2D eigenvalue weighted by Crippen LogP contribution is 2.26. The molecule has 1 amide bonds. The van der Waals surface area contributed by atoms with Crippen molar-refractivity contribution in [2.45, 2.75) is 32.2 Å². The molecule has 1 aliphatic carbocycles. The minimum absolute atomic E-state index is 0. The molecule has 0 fully saturated rings. The summed E-state index contributed by atoms with van der Waals surface area (Å²) in [6, 6.07) is 15.7. The summed E-state index contributed by atoms with van der Waals surface area (Å²) in [5, 5.41) is 3.00. The van der Waals surface area contributed by atoms with Crippen molar-refractivity contribution >= 4 is 24.0 Å². The van der Waals surface area contributed by atoms with E-state index < -0.39 is 0 Å². The molecule has 0 radical (unpaired) electrons. The van der Waals surface area contributed by atoms with Gasteiger partial charge >= 0.3 is 0 Å². The van der Waals surface area contributed by atoms with Gasteiger partial charge in [0.2, 0.25) is 5.91 Å². The van der Waals surface area contributed by atoms with Crippen molar-refractivity contribution in [3.05, 3.63) is 65.2 Å². The Morgan fingerprint density at radius 3 is 2.52 bits per heavy atom. The third-order valence-electron chi connectivity index (χ3n) is 4.50. The number of rotatable bonds is 4. The fraction of sp³-hybridized carbons (Fsp3) is 0.316. The number of nitrogens with two attached hydrogens (primary N) is 1. The summed E-state index contributed by atoms with van der Waals surface area (Å²) in [7, 11) is 0. The molecule has 3 nitrogen and oxygen atoms in total. The molecule has 0 aliphatic heterocycles. The molecule has 0 saturated carbocycles. The van der Waals surface area contributed by atoms with E-state index in [1.165, 1.54) is 17.5 Å². The van der Waals surface area contributed by atoms with E-state index in [0.717, 1.165) is 24.1 Å². The summed E-state index contributed by atoms with van der Waals surface area (Å²) in [6.45, 7) is 1.88. The van der Waals surface area contributed by atoms with E-state index in [2.05, 4.69) is 17.4 Å². The summed E-state index contributed by atoms with van der Waals surface area (Å²) in [5.41, 5.74) is 10.8. The molecule has 2 aromatic rings. The number of hydrogen-bond acceptors (Lipinski definition) is 2. The summed E-state index contributed by atoms with van der Waals surface area (Å²) in [5.74, 6) is -0.315. The second-order valence-corrected chi connectivity index (χ2v) is 6.05. The Hall–Kier alpha value is -1.84. The van der Waals surface area contributed by atoms with Crippen LogP contribution in [0.4, 0.5) is 5.69 Å². The second kappa shape index (κ2) is 7.62. The van der Waals surface area contributed by atoms with Crippen LogP contribution in [0.1, 0.15) is 36.1 Å². The van der Waals surface area contributed by atoms with E-state index >= 15 is 0 Å². The standard InChI is InChI=1S/C19H22N2O.ClH/c1-13(18(20)15-6-3-2-4-7-15)19(22)21-17-11-10-14-8-5-9-16(14)12-17;/h2-4,6-7,10-13,18H,5,8-9,20H2,1H3,(H,21,22);1H. The van der Waals surface area contributed by atoms with Crippen molar-refractivity contribution in [1.29, 1.82) is 0 Å². The summed E-state index contributed by atoms with van der Waals surface area (Å²) >= 11 is 0. The molecule has 2 unspecified atom stereocenters. The number of hydrogen-bond donors (Lipinski definition) is 2. The van der Waals surface area contributed by atoms with Crippen LogP contribution in [-0.4, -0.2) is 5.91 Å². The van der Waals surface area contributed by atoms with Gasteiger partial charge in [0.05, 0.1) is 5.92 Å². The molecule has 3 N–H and O–H groups in total. The van der Waals surface area contributed by atoms with Crippen molar-refractivity contribution in [2.75, 3.05) is 5.32 Å². The minimum Gasteiger partial charge on any atom is -0.326 e. The van der Waals surface area contributed by atoms with E-state index in [0.29, 0.717) is 0 Å². The van der Waals surface area contributed by atoms with E-state index in [4.69, 9.17) is 5.73 Å². The molecule has 1 aliphatic rings. The highest BCUT2D eigenvalue weighted by Gasteiger charge is 2.22. The molecule has 2 aromatic carbocycles. The Morgan fingerprint density at radius 2 is 1.78 bits per heavy atom. The highest BCUT2D eigenvalue weighted by molar-refractivity contribution is 5.93. The number of carbonyl (C=O) groups excluding carboxylic acids is 1. The Bertz CT molecular complexity index is 672. The molecule has 0 aromatic heterocycles. The molecule has 3 rings (SSSR count). The smallest absolute Gasteiger partial charge is 0.229 e. The first-order chi connectivity index (χ1) is 10.6. The van der Waals surface area contributed by atoms with Crippen LogP contribution in [0, 0.1) is 5.92 Å². The highest BCUT2D eigenvalue weighted by atomic mass is 35.5. The summed E-state index contributed by atoms with van der Waals surface area (Å²) < 4.78 is 0. The lowest BCUT2D eigenvalue weighted by molar-refractivity contribution is -0.120. The first-order valence-corrected chi connectivity index (χ1v) is 7.88. The van der Waals surface area contributed by atoms with Gasteiger partial charge in [-0.25, -0.2) is 0 Å². The van der Waals surface area contributed by atoms with Gasteiger partial charge in [-0.2, -0.15) is 0 Å². The van der Waals surface area contributed by atoms with Crippen LogP contribution in [0.15, 0.2) is 48.5 Å². The fourth-order valence-electron chi connectivity index (χ4n) is 3.03. The third kappa shape index (κ3) is 3.92. The van der Waals surface area contributed by atoms with Gasteiger partial charge in [0.25, 0.3) is 0 Å². The number of anilines is 1. The average molecular weight is 331 g/mol. The van der Waals surface area contributed by atoms with Crippen LogP contribution < -0.4 is 11.1 Å². The van der Waals surface area contributed by atoms with E-state index in [1.54, 1.807) is 0 Å². The predicted molar refractivity (Wildman–Crippen MR) is 96.9 cm³/mol. The van der Waals surface area contributed by atoms with Crippen molar-refractivity contribution < 1.29 is 4.79 Å². The van der Waals surface area contributed by atoms with Crippen LogP contribution in [0.25, 0.3) is 0 Å². The van der Waals surface area contributed by atoms with Crippen LogP contribution >= 0.6 is 12.4 Å². The Balaban J connectivity index is 0.00000192. The molecule has 23 heavy (non-hydrogen) atoms. The van der Waals surface area contributed by atoms with Crippen molar-refractivity contribution in [1.82, 2.24) is 0 Å². The lowest BCUT2D eigenvalue weighted by atomic mass is 9.94. The van der Waals surface area contributed by atoms with Gasteiger partial charge in [0.1, 0.15) is 0 Å². The van der Waals surface area contributed by atoms with Crippen molar-refractivity contribution in [3.8, 4) is 0 Å². The second-order valence-electron chi connectivity index (χ2n) is 6.05.